The van der Waals surface area contributed by atoms with Crippen LogP contribution in [0.1, 0.15) is 5.56 Å². The standard InChI is InChI=1S/C9H11Cl2N3O/c1-15-9(4-12-5-9)3-6-2-7(10)13-14-8(6)11/h2,12H,3-5H2,1H3. The topological polar surface area (TPSA) is 47.0 Å². The second kappa shape index (κ2) is 4.22. The molecule has 6 heteroatoms. The minimum atomic E-state index is -0.171. The Morgan fingerprint density at radius 1 is 1.47 bits per heavy atom. The lowest BCUT2D eigenvalue weighted by atomic mass is 9.89. The van der Waals surface area contributed by atoms with E-state index in [-0.39, 0.29) is 5.60 Å². The van der Waals surface area contributed by atoms with Crippen LogP contribution in [0.5, 0.6) is 0 Å². The van der Waals surface area contributed by atoms with Crippen LogP contribution in [0.4, 0.5) is 0 Å². The van der Waals surface area contributed by atoms with Crippen LogP contribution in [-0.2, 0) is 11.2 Å². The Morgan fingerprint density at radius 2 is 2.20 bits per heavy atom. The van der Waals surface area contributed by atoms with Crippen molar-refractivity contribution < 1.29 is 4.74 Å². The van der Waals surface area contributed by atoms with Gasteiger partial charge in [0, 0.05) is 26.6 Å². The van der Waals surface area contributed by atoms with E-state index in [1.807, 2.05) is 0 Å². The summed E-state index contributed by atoms with van der Waals surface area (Å²) in [6, 6.07) is 1.73. The number of ether oxygens (including phenoxy) is 1. The third-order valence-electron chi connectivity index (χ3n) is 2.63. The molecule has 1 fully saturated rings. The van der Waals surface area contributed by atoms with Crippen molar-refractivity contribution in [3.63, 3.8) is 0 Å². The van der Waals surface area contributed by atoms with Gasteiger partial charge in [0.2, 0.25) is 0 Å². The lowest BCUT2D eigenvalue weighted by Crippen LogP contribution is -2.61. The molecule has 2 rings (SSSR count). The predicted molar refractivity (Wildman–Crippen MR) is 58.4 cm³/mol. The van der Waals surface area contributed by atoms with Gasteiger partial charge >= 0.3 is 0 Å². The molecule has 2 heterocycles. The van der Waals surface area contributed by atoms with Crippen LogP contribution in [0.2, 0.25) is 10.3 Å². The molecule has 1 aromatic heterocycles. The zero-order valence-corrected chi connectivity index (χ0v) is 9.77. The molecule has 1 aliphatic heterocycles. The number of hydrogen-bond acceptors (Lipinski definition) is 4. The van der Waals surface area contributed by atoms with Crippen molar-refractivity contribution in [1.29, 1.82) is 0 Å². The van der Waals surface area contributed by atoms with E-state index in [1.165, 1.54) is 0 Å². The summed E-state index contributed by atoms with van der Waals surface area (Å²) in [5, 5.41) is 11.3. The van der Waals surface area contributed by atoms with Crippen LogP contribution in [-0.4, -0.2) is 36.0 Å². The highest BCUT2D eigenvalue weighted by Gasteiger charge is 2.37. The Bertz CT molecular complexity index is 363. The Hall–Kier alpha value is -0.420. The lowest BCUT2D eigenvalue weighted by molar-refractivity contribution is -0.0502. The van der Waals surface area contributed by atoms with Gasteiger partial charge in [-0.1, -0.05) is 23.2 Å². The number of aromatic nitrogens is 2. The minimum Gasteiger partial charge on any atom is -0.375 e. The van der Waals surface area contributed by atoms with Crippen molar-refractivity contribution >= 4 is 23.2 Å². The van der Waals surface area contributed by atoms with Gasteiger partial charge < -0.3 is 10.1 Å². The lowest BCUT2D eigenvalue weighted by Gasteiger charge is -2.41. The summed E-state index contributed by atoms with van der Waals surface area (Å²) in [5.74, 6) is 0. The fourth-order valence-corrected chi connectivity index (χ4v) is 1.93. The molecule has 0 unspecified atom stereocenters. The van der Waals surface area contributed by atoms with E-state index in [1.54, 1.807) is 13.2 Å². The molecule has 82 valence electrons. The summed E-state index contributed by atoms with van der Waals surface area (Å²) in [5.41, 5.74) is 0.704. The molecule has 0 aromatic carbocycles. The first-order chi connectivity index (χ1) is 7.15. The summed E-state index contributed by atoms with van der Waals surface area (Å²) < 4.78 is 5.46. The van der Waals surface area contributed by atoms with Crippen molar-refractivity contribution in [2.24, 2.45) is 0 Å². The fraction of sp³-hybridized carbons (Fsp3) is 0.556. The third kappa shape index (κ3) is 2.23. The molecular weight excluding hydrogens is 237 g/mol. The first-order valence-corrected chi connectivity index (χ1v) is 5.34. The Kier molecular flexibility index (Phi) is 3.11. The molecule has 1 saturated heterocycles. The van der Waals surface area contributed by atoms with E-state index < -0.39 is 0 Å². The SMILES string of the molecule is COC1(Cc2cc(Cl)nnc2Cl)CNC1. The molecule has 4 nitrogen and oxygen atoms in total. The van der Waals surface area contributed by atoms with Gasteiger partial charge in [-0.15, -0.1) is 10.2 Å². The molecule has 0 amide bonds. The maximum atomic E-state index is 5.93. The summed E-state index contributed by atoms with van der Waals surface area (Å²) in [7, 11) is 1.70. The second-order valence-electron chi connectivity index (χ2n) is 3.65. The number of methoxy groups -OCH3 is 1. The van der Waals surface area contributed by atoms with Gasteiger partial charge in [-0.05, 0) is 11.6 Å². The van der Waals surface area contributed by atoms with Gasteiger partial charge in [-0.3, -0.25) is 0 Å². The van der Waals surface area contributed by atoms with E-state index in [2.05, 4.69) is 15.5 Å². The first-order valence-electron chi connectivity index (χ1n) is 4.59. The largest absolute Gasteiger partial charge is 0.375 e. The van der Waals surface area contributed by atoms with Gasteiger partial charge in [-0.2, -0.15) is 0 Å². The first kappa shape index (κ1) is 11.1. The van der Waals surface area contributed by atoms with Crippen molar-refractivity contribution in [1.82, 2.24) is 15.5 Å². The molecule has 1 aromatic rings. The predicted octanol–water partition coefficient (Wildman–Crippen LogP) is 1.31. The van der Waals surface area contributed by atoms with Crippen LogP contribution >= 0.6 is 23.2 Å². The molecule has 1 aliphatic rings. The van der Waals surface area contributed by atoms with Gasteiger partial charge in [-0.25, -0.2) is 0 Å². The van der Waals surface area contributed by atoms with Crippen LogP contribution in [0.15, 0.2) is 6.07 Å². The number of nitrogens with one attached hydrogen (secondary N) is 1. The van der Waals surface area contributed by atoms with E-state index >= 15 is 0 Å². The third-order valence-corrected chi connectivity index (χ3v) is 3.13. The van der Waals surface area contributed by atoms with Crippen LogP contribution in [0, 0.1) is 0 Å². The maximum Gasteiger partial charge on any atom is 0.155 e. The summed E-state index contributed by atoms with van der Waals surface area (Å²) in [6.07, 6.45) is 0.699. The molecule has 0 radical (unpaired) electrons. The van der Waals surface area contributed by atoms with Crippen LogP contribution in [0.3, 0.4) is 0 Å². The zero-order valence-electron chi connectivity index (χ0n) is 8.26. The Labute approximate surface area is 97.9 Å². The van der Waals surface area contributed by atoms with E-state index in [0.29, 0.717) is 16.7 Å². The molecular formula is C9H11Cl2N3O. The van der Waals surface area contributed by atoms with Gasteiger partial charge in [0.1, 0.15) is 0 Å². The number of rotatable bonds is 3. The smallest absolute Gasteiger partial charge is 0.155 e. The summed E-state index contributed by atoms with van der Waals surface area (Å²) >= 11 is 11.7. The average molecular weight is 248 g/mol. The quantitative estimate of drug-likeness (QED) is 0.876. The number of hydrogen-bond donors (Lipinski definition) is 1. The fourth-order valence-electron chi connectivity index (χ4n) is 1.60. The normalized spacial score (nSPS) is 18.6. The molecule has 1 N–H and O–H groups in total. The highest BCUT2D eigenvalue weighted by atomic mass is 35.5. The monoisotopic (exact) mass is 247 g/mol. The van der Waals surface area contributed by atoms with Gasteiger partial charge in [0.25, 0.3) is 0 Å². The molecule has 0 saturated carbocycles. The summed E-state index contributed by atoms with van der Waals surface area (Å²) in [6.45, 7) is 1.64. The summed E-state index contributed by atoms with van der Waals surface area (Å²) in [4.78, 5) is 0. The van der Waals surface area contributed by atoms with Gasteiger partial charge in [0.15, 0.2) is 10.3 Å². The highest BCUT2D eigenvalue weighted by molar-refractivity contribution is 6.31. The number of halogens is 2. The van der Waals surface area contributed by atoms with Crippen LogP contribution < -0.4 is 5.32 Å². The maximum absolute atomic E-state index is 5.93. The minimum absolute atomic E-state index is 0.171. The Balaban J connectivity index is 2.19. The number of nitrogens with zero attached hydrogens (tertiary/aromatic N) is 2. The molecule has 0 aliphatic carbocycles. The molecule has 0 bridgehead atoms. The highest BCUT2D eigenvalue weighted by Crippen LogP contribution is 2.25. The average Bonchev–Trinajstić information content (AvgIpc) is 2.17. The van der Waals surface area contributed by atoms with E-state index in [9.17, 15) is 0 Å². The van der Waals surface area contributed by atoms with Gasteiger partial charge in [0.05, 0.1) is 5.60 Å². The Morgan fingerprint density at radius 3 is 2.73 bits per heavy atom. The molecule has 0 atom stereocenters. The van der Waals surface area contributed by atoms with Crippen molar-refractivity contribution in [3.05, 3.63) is 21.9 Å². The van der Waals surface area contributed by atoms with E-state index in [4.69, 9.17) is 27.9 Å². The second-order valence-corrected chi connectivity index (χ2v) is 4.40. The van der Waals surface area contributed by atoms with Crippen molar-refractivity contribution in [2.45, 2.75) is 12.0 Å². The van der Waals surface area contributed by atoms with E-state index in [0.717, 1.165) is 18.7 Å². The van der Waals surface area contributed by atoms with Crippen molar-refractivity contribution in [2.75, 3.05) is 20.2 Å². The zero-order chi connectivity index (χ0) is 10.9. The molecule has 0 spiro atoms. The van der Waals surface area contributed by atoms with Crippen LogP contribution in [0.25, 0.3) is 0 Å². The molecule has 15 heavy (non-hydrogen) atoms. The van der Waals surface area contributed by atoms with Crippen molar-refractivity contribution in [3.8, 4) is 0 Å².